The Morgan fingerprint density at radius 1 is 1.64 bits per heavy atom. The van der Waals surface area contributed by atoms with Gasteiger partial charge in [0, 0.05) is 36.2 Å². The van der Waals surface area contributed by atoms with Crippen LogP contribution >= 0.6 is 27.3 Å². The van der Waals surface area contributed by atoms with Crippen LogP contribution in [0.3, 0.4) is 0 Å². The van der Waals surface area contributed by atoms with Crippen LogP contribution < -0.4 is 5.32 Å². The van der Waals surface area contributed by atoms with Crippen molar-refractivity contribution in [1.82, 2.24) is 5.32 Å². The van der Waals surface area contributed by atoms with Crippen LogP contribution in [0.2, 0.25) is 0 Å². The topological polar surface area (TPSA) is 21.3 Å². The number of nitrogens with one attached hydrogen (secondary N) is 1. The highest BCUT2D eigenvalue weighted by atomic mass is 79.9. The first-order chi connectivity index (χ1) is 6.74. The fourth-order valence-electron chi connectivity index (χ4n) is 1.23. The second kappa shape index (κ2) is 6.56. The first kappa shape index (κ1) is 12.2. The van der Waals surface area contributed by atoms with E-state index in [0.29, 0.717) is 5.92 Å². The molecule has 0 fully saturated rings. The third-order valence-corrected chi connectivity index (χ3v) is 3.85. The van der Waals surface area contributed by atoms with Gasteiger partial charge in [0.15, 0.2) is 0 Å². The van der Waals surface area contributed by atoms with Crippen LogP contribution in [0.1, 0.15) is 11.8 Å². The summed E-state index contributed by atoms with van der Waals surface area (Å²) in [5, 5.41) is 5.51. The van der Waals surface area contributed by atoms with Crippen molar-refractivity contribution in [1.29, 1.82) is 0 Å². The highest BCUT2D eigenvalue weighted by Gasteiger charge is 2.03. The summed E-state index contributed by atoms with van der Waals surface area (Å²) in [6, 6.07) is 2.08. The molecule has 0 aliphatic heterocycles. The van der Waals surface area contributed by atoms with E-state index in [1.807, 2.05) is 0 Å². The highest BCUT2D eigenvalue weighted by molar-refractivity contribution is 9.10. The number of ether oxygens (including phenoxy) is 1. The zero-order chi connectivity index (χ0) is 10.4. The van der Waals surface area contributed by atoms with Crippen molar-refractivity contribution in [3.05, 3.63) is 20.8 Å². The molecule has 0 amide bonds. The molecule has 4 heteroatoms. The van der Waals surface area contributed by atoms with Gasteiger partial charge in [0.2, 0.25) is 0 Å². The molecule has 14 heavy (non-hydrogen) atoms. The van der Waals surface area contributed by atoms with Crippen LogP contribution in [-0.4, -0.2) is 20.3 Å². The van der Waals surface area contributed by atoms with Gasteiger partial charge >= 0.3 is 0 Å². The van der Waals surface area contributed by atoms with Crippen molar-refractivity contribution in [2.45, 2.75) is 13.5 Å². The van der Waals surface area contributed by atoms with Gasteiger partial charge in [-0.25, -0.2) is 0 Å². The van der Waals surface area contributed by atoms with Gasteiger partial charge in [-0.05, 0) is 33.3 Å². The summed E-state index contributed by atoms with van der Waals surface area (Å²) in [5.41, 5.74) is 0. The largest absolute Gasteiger partial charge is 0.384 e. The van der Waals surface area contributed by atoms with Crippen LogP contribution in [-0.2, 0) is 11.3 Å². The fourth-order valence-corrected chi connectivity index (χ4v) is 2.69. The van der Waals surface area contributed by atoms with Gasteiger partial charge in [-0.1, -0.05) is 6.92 Å². The molecule has 1 atom stereocenters. The standard InChI is InChI=1S/C10H16BrNOS/c1-8(7-13-2)5-12-6-10-9(11)3-4-14-10/h3-4,8,12H,5-7H2,1-2H3. The molecule has 80 valence electrons. The number of halogens is 1. The van der Waals surface area contributed by atoms with E-state index in [1.165, 1.54) is 9.35 Å². The quantitative estimate of drug-likeness (QED) is 0.864. The smallest absolute Gasteiger partial charge is 0.0499 e. The minimum Gasteiger partial charge on any atom is -0.384 e. The number of thiophene rings is 1. The molecule has 1 aromatic rings. The summed E-state index contributed by atoms with van der Waals surface area (Å²) >= 11 is 5.28. The fraction of sp³-hybridized carbons (Fsp3) is 0.600. The van der Waals surface area contributed by atoms with Crippen molar-refractivity contribution in [3.63, 3.8) is 0 Å². The third kappa shape index (κ3) is 4.09. The molecule has 0 aliphatic carbocycles. The molecular formula is C10H16BrNOS. The molecular weight excluding hydrogens is 262 g/mol. The first-order valence-electron chi connectivity index (χ1n) is 4.65. The predicted molar refractivity (Wildman–Crippen MR) is 64.8 cm³/mol. The van der Waals surface area contributed by atoms with Crippen molar-refractivity contribution < 1.29 is 4.74 Å². The number of rotatable bonds is 6. The first-order valence-corrected chi connectivity index (χ1v) is 6.32. The van der Waals surface area contributed by atoms with E-state index in [2.05, 4.69) is 39.6 Å². The summed E-state index contributed by atoms with van der Waals surface area (Å²) < 4.78 is 6.27. The van der Waals surface area contributed by atoms with Gasteiger partial charge in [0.1, 0.15) is 0 Å². The lowest BCUT2D eigenvalue weighted by atomic mass is 10.2. The molecule has 0 radical (unpaired) electrons. The van der Waals surface area contributed by atoms with Crippen LogP contribution in [0.4, 0.5) is 0 Å². The molecule has 1 heterocycles. The predicted octanol–water partition coefficient (Wildman–Crippen LogP) is 2.88. The second-order valence-corrected chi connectivity index (χ2v) is 5.24. The maximum absolute atomic E-state index is 5.07. The van der Waals surface area contributed by atoms with Crippen LogP contribution in [0.5, 0.6) is 0 Å². The summed E-state index contributed by atoms with van der Waals surface area (Å²) in [5.74, 6) is 0.568. The molecule has 1 aromatic heterocycles. The van der Waals surface area contributed by atoms with E-state index in [1.54, 1.807) is 18.4 Å². The lowest BCUT2D eigenvalue weighted by molar-refractivity contribution is 0.158. The Labute approximate surface area is 97.8 Å². The van der Waals surface area contributed by atoms with E-state index < -0.39 is 0 Å². The lowest BCUT2D eigenvalue weighted by Gasteiger charge is -2.10. The summed E-state index contributed by atoms with van der Waals surface area (Å²) in [4.78, 5) is 1.36. The van der Waals surface area contributed by atoms with E-state index in [9.17, 15) is 0 Å². The Kier molecular flexibility index (Phi) is 5.70. The second-order valence-electron chi connectivity index (χ2n) is 3.38. The lowest BCUT2D eigenvalue weighted by Crippen LogP contribution is -2.23. The van der Waals surface area contributed by atoms with Crippen LogP contribution in [0, 0.1) is 5.92 Å². The van der Waals surface area contributed by atoms with Gasteiger partial charge in [0.25, 0.3) is 0 Å². The SMILES string of the molecule is COCC(C)CNCc1sccc1Br. The van der Waals surface area contributed by atoms with Crippen molar-refractivity contribution in [2.75, 3.05) is 20.3 Å². The van der Waals surface area contributed by atoms with Gasteiger partial charge in [-0.15, -0.1) is 11.3 Å². The number of hydrogen-bond donors (Lipinski definition) is 1. The summed E-state index contributed by atoms with van der Waals surface area (Å²) in [6.45, 7) is 4.93. The molecule has 2 nitrogen and oxygen atoms in total. The van der Waals surface area contributed by atoms with E-state index >= 15 is 0 Å². The Morgan fingerprint density at radius 3 is 3.00 bits per heavy atom. The molecule has 0 saturated heterocycles. The third-order valence-electron chi connectivity index (χ3n) is 1.92. The molecule has 0 bridgehead atoms. The maximum Gasteiger partial charge on any atom is 0.0499 e. The number of methoxy groups -OCH3 is 1. The Morgan fingerprint density at radius 2 is 2.43 bits per heavy atom. The molecule has 1 N–H and O–H groups in total. The Balaban J connectivity index is 2.19. The van der Waals surface area contributed by atoms with E-state index in [4.69, 9.17) is 4.74 Å². The molecule has 1 rings (SSSR count). The molecule has 0 aromatic carbocycles. The highest BCUT2D eigenvalue weighted by Crippen LogP contribution is 2.22. The monoisotopic (exact) mass is 277 g/mol. The van der Waals surface area contributed by atoms with Gasteiger partial charge in [-0.3, -0.25) is 0 Å². The summed E-state index contributed by atoms with van der Waals surface area (Å²) in [7, 11) is 1.74. The number of hydrogen-bond acceptors (Lipinski definition) is 3. The van der Waals surface area contributed by atoms with Crippen molar-refractivity contribution in [2.24, 2.45) is 5.92 Å². The molecule has 0 saturated carbocycles. The average Bonchev–Trinajstić information content (AvgIpc) is 2.52. The van der Waals surface area contributed by atoms with Gasteiger partial charge in [0.05, 0.1) is 0 Å². The molecule has 1 unspecified atom stereocenters. The Hall–Kier alpha value is 0.100. The molecule has 0 aliphatic rings. The minimum atomic E-state index is 0.568. The summed E-state index contributed by atoms with van der Waals surface area (Å²) in [6.07, 6.45) is 0. The normalized spacial score (nSPS) is 13.1. The van der Waals surface area contributed by atoms with E-state index in [0.717, 1.165) is 19.7 Å². The van der Waals surface area contributed by atoms with Crippen LogP contribution in [0.15, 0.2) is 15.9 Å². The van der Waals surface area contributed by atoms with Gasteiger partial charge in [-0.2, -0.15) is 0 Å². The zero-order valence-corrected chi connectivity index (χ0v) is 11.0. The Bertz CT molecular complexity index is 264. The molecule has 0 spiro atoms. The minimum absolute atomic E-state index is 0.568. The van der Waals surface area contributed by atoms with Crippen molar-refractivity contribution in [3.8, 4) is 0 Å². The zero-order valence-electron chi connectivity index (χ0n) is 8.55. The van der Waals surface area contributed by atoms with Crippen LogP contribution in [0.25, 0.3) is 0 Å². The average molecular weight is 278 g/mol. The maximum atomic E-state index is 5.07. The van der Waals surface area contributed by atoms with Crippen molar-refractivity contribution >= 4 is 27.3 Å². The van der Waals surface area contributed by atoms with E-state index in [-0.39, 0.29) is 0 Å². The van der Waals surface area contributed by atoms with Gasteiger partial charge < -0.3 is 10.1 Å².